The zero-order chi connectivity index (χ0) is 15.1. The molecule has 2 aromatic carbocycles. The highest BCUT2D eigenvalue weighted by Gasteiger charge is 2.07. The van der Waals surface area contributed by atoms with Crippen LogP contribution in [0.5, 0.6) is 0 Å². The lowest BCUT2D eigenvalue weighted by Gasteiger charge is -2.01. The molecule has 0 heterocycles. The molecule has 4 heteroatoms. The van der Waals surface area contributed by atoms with Gasteiger partial charge < -0.3 is 5.11 Å². The van der Waals surface area contributed by atoms with Crippen molar-refractivity contribution < 1.29 is 10.0 Å². The van der Waals surface area contributed by atoms with Crippen LogP contribution in [0.3, 0.4) is 0 Å². The number of rotatable bonds is 2. The molecule has 0 aliphatic heterocycles. The molecular weight excluding hydrogens is 266 g/mol. The summed E-state index contributed by atoms with van der Waals surface area (Å²) < 4.78 is 0. The van der Waals surface area contributed by atoms with Crippen LogP contribution >= 0.6 is 0 Å². The van der Waals surface area contributed by atoms with E-state index in [1.54, 1.807) is 0 Å². The van der Waals surface area contributed by atoms with Crippen molar-refractivity contribution in [1.82, 2.24) is 0 Å². The average Bonchev–Trinajstić information content (AvgIpc) is 2.52. The Balaban J connectivity index is 2.05. The summed E-state index contributed by atoms with van der Waals surface area (Å²) in [6.45, 7) is 0. The fraction of sp³-hybridized carbons (Fsp3) is 0.0588. The summed E-state index contributed by atoms with van der Waals surface area (Å²) in [7, 11) is 0. The van der Waals surface area contributed by atoms with Gasteiger partial charge in [-0.3, -0.25) is 10.1 Å². The van der Waals surface area contributed by atoms with Crippen LogP contribution in [0.2, 0.25) is 0 Å². The molecule has 1 unspecified atom stereocenters. The van der Waals surface area contributed by atoms with Crippen molar-refractivity contribution in [1.29, 1.82) is 0 Å². The van der Waals surface area contributed by atoms with Gasteiger partial charge in [0.15, 0.2) is 0 Å². The third-order valence-electron chi connectivity index (χ3n) is 2.67. The Kier molecular flexibility index (Phi) is 4.71. The molecular formula is C17H11NO3. The fourth-order valence-corrected chi connectivity index (χ4v) is 1.59. The SMILES string of the molecule is O=[N+]([O-])c1ccc(C(O)C#CC#Cc2ccccc2)cc1. The van der Waals surface area contributed by atoms with E-state index < -0.39 is 11.0 Å². The minimum Gasteiger partial charge on any atom is -0.376 e. The molecule has 0 fully saturated rings. The summed E-state index contributed by atoms with van der Waals surface area (Å²) in [5, 5.41) is 20.4. The highest BCUT2D eigenvalue weighted by molar-refractivity contribution is 5.41. The van der Waals surface area contributed by atoms with Crippen molar-refractivity contribution in [3.63, 3.8) is 0 Å². The highest BCUT2D eigenvalue weighted by Crippen LogP contribution is 2.16. The van der Waals surface area contributed by atoms with Crippen molar-refractivity contribution in [3.8, 4) is 23.7 Å². The summed E-state index contributed by atoms with van der Waals surface area (Å²) >= 11 is 0. The fourth-order valence-electron chi connectivity index (χ4n) is 1.59. The molecule has 2 rings (SSSR count). The number of benzene rings is 2. The molecule has 0 aromatic heterocycles. The topological polar surface area (TPSA) is 63.4 Å². The standard InChI is InChI=1S/C17H11NO3/c19-17(15-10-12-16(13-11-15)18(20)21)9-5-4-8-14-6-2-1-3-7-14/h1-3,6-7,10-13,17,19H. The molecule has 1 atom stereocenters. The Bertz CT molecular complexity index is 744. The Labute approximate surface area is 122 Å². The molecule has 0 saturated heterocycles. The lowest BCUT2D eigenvalue weighted by molar-refractivity contribution is -0.384. The van der Waals surface area contributed by atoms with E-state index in [1.807, 2.05) is 30.3 Å². The summed E-state index contributed by atoms with van der Waals surface area (Å²) in [4.78, 5) is 10.0. The first-order valence-corrected chi connectivity index (χ1v) is 6.16. The zero-order valence-corrected chi connectivity index (χ0v) is 11.0. The molecule has 0 saturated carbocycles. The van der Waals surface area contributed by atoms with Crippen molar-refractivity contribution in [2.24, 2.45) is 0 Å². The van der Waals surface area contributed by atoms with E-state index in [2.05, 4.69) is 23.7 Å². The Morgan fingerprint density at radius 2 is 1.67 bits per heavy atom. The third kappa shape index (κ3) is 4.21. The molecule has 0 spiro atoms. The zero-order valence-electron chi connectivity index (χ0n) is 11.0. The molecule has 4 nitrogen and oxygen atoms in total. The van der Waals surface area contributed by atoms with E-state index in [1.165, 1.54) is 24.3 Å². The van der Waals surface area contributed by atoms with Crippen molar-refractivity contribution in [2.45, 2.75) is 6.10 Å². The Morgan fingerprint density at radius 1 is 1.00 bits per heavy atom. The number of non-ortho nitro benzene ring substituents is 1. The Hall–Kier alpha value is -3.08. The molecule has 1 N–H and O–H groups in total. The van der Waals surface area contributed by atoms with E-state index >= 15 is 0 Å². The lowest BCUT2D eigenvalue weighted by atomic mass is 10.1. The van der Waals surface area contributed by atoms with Crippen LogP contribution in [-0.2, 0) is 0 Å². The van der Waals surface area contributed by atoms with Crippen LogP contribution < -0.4 is 0 Å². The van der Waals surface area contributed by atoms with Gasteiger partial charge in [0.05, 0.1) is 4.92 Å². The predicted octanol–water partition coefficient (Wildman–Crippen LogP) is 2.68. The second-order valence-corrected chi connectivity index (χ2v) is 4.14. The predicted molar refractivity (Wildman–Crippen MR) is 79.2 cm³/mol. The van der Waals surface area contributed by atoms with Crippen molar-refractivity contribution >= 4 is 5.69 Å². The van der Waals surface area contributed by atoms with Gasteiger partial charge in [0.25, 0.3) is 5.69 Å². The van der Waals surface area contributed by atoms with Crippen LogP contribution in [0.1, 0.15) is 17.2 Å². The van der Waals surface area contributed by atoms with Crippen LogP contribution in [0, 0.1) is 33.8 Å². The second-order valence-electron chi connectivity index (χ2n) is 4.14. The molecule has 0 aliphatic carbocycles. The highest BCUT2D eigenvalue weighted by atomic mass is 16.6. The first kappa shape index (κ1) is 14.3. The maximum Gasteiger partial charge on any atom is 0.269 e. The number of hydrogen-bond acceptors (Lipinski definition) is 3. The van der Waals surface area contributed by atoms with E-state index in [9.17, 15) is 15.2 Å². The number of hydrogen-bond donors (Lipinski definition) is 1. The number of aliphatic hydroxyl groups excluding tert-OH is 1. The number of nitro benzene ring substituents is 1. The van der Waals surface area contributed by atoms with Crippen LogP contribution in [0.15, 0.2) is 54.6 Å². The number of nitro groups is 1. The summed E-state index contributed by atoms with van der Waals surface area (Å²) in [6, 6.07) is 15.0. The van der Waals surface area contributed by atoms with E-state index in [4.69, 9.17) is 0 Å². The van der Waals surface area contributed by atoms with Gasteiger partial charge >= 0.3 is 0 Å². The first-order chi connectivity index (χ1) is 10.2. The molecule has 2 aromatic rings. The average molecular weight is 277 g/mol. The Morgan fingerprint density at radius 3 is 2.29 bits per heavy atom. The maximum absolute atomic E-state index is 10.5. The molecule has 0 amide bonds. The first-order valence-electron chi connectivity index (χ1n) is 6.16. The molecule has 21 heavy (non-hydrogen) atoms. The third-order valence-corrected chi connectivity index (χ3v) is 2.67. The van der Waals surface area contributed by atoms with E-state index in [0.717, 1.165) is 5.56 Å². The van der Waals surface area contributed by atoms with Gasteiger partial charge in [-0.1, -0.05) is 30.0 Å². The van der Waals surface area contributed by atoms with E-state index in [0.29, 0.717) is 5.56 Å². The van der Waals surface area contributed by atoms with Crippen LogP contribution in [0.4, 0.5) is 5.69 Å². The lowest BCUT2D eigenvalue weighted by Crippen LogP contribution is -1.94. The monoisotopic (exact) mass is 277 g/mol. The number of nitrogens with zero attached hydrogens (tertiary/aromatic N) is 1. The molecule has 102 valence electrons. The summed E-state index contributed by atoms with van der Waals surface area (Å²) in [5.74, 6) is 10.7. The van der Waals surface area contributed by atoms with Gasteiger partial charge in [-0.15, -0.1) is 0 Å². The van der Waals surface area contributed by atoms with Gasteiger partial charge in [0.2, 0.25) is 0 Å². The molecule has 0 radical (unpaired) electrons. The van der Waals surface area contributed by atoms with Crippen molar-refractivity contribution in [2.75, 3.05) is 0 Å². The van der Waals surface area contributed by atoms with Crippen LogP contribution in [-0.4, -0.2) is 10.0 Å². The number of aliphatic hydroxyl groups is 1. The summed E-state index contributed by atoms with van der Waals surface area (Å²) in [6.07, 6.45) is -1.02. The van der Waals surface area contributed by atoms with Crippen LogP contribution in [0.25, 0.3) is 0 Å². The smallest absolute Gasteiger partial charge is 0.269 e. The summed E-state index contributed by atoms with van der Waals surface area (Å²) in [5.41, 5.74) is 1.31. The molecule has 0 bridgehead atoms. The second kappa shape index (κ2) is 6.91. The van der Waals surface area contributed by atoms with E-state index in [-0.39, 0.29) is 5.69 Å². The maximum atomic E-state index is 10.5. The van der Waals surface area contributed by atoms with Crippen molar-refractivity contribution in [3.05, 3.63) is 75.8 Å². The van der Waals surface area contributed by atoms with Gasteiger partial charge in [-0.25, -0.2) is 0 Å². The largest absolute Gasteiger partial charge is 0.376 e. The van der Waals surface area contributed by atoms with Gasteiger partial charge in [-0.05, 0) is 41.7 Å². The minimum absolute atomic E-state index is 0.0252. The van der Waals surface area contributed by atoms with Gasteiger partial charge in [0.1, 0.15) is 6.10 Å². The normalized spacial score (nSPS) is 10.5. The quantitative estimate of drug-likeness (QED) is 0.521. The minimum atomic E-state index is -1.02. The molecule has 0 aliphatic rings. The van der Waals surface area contributed by atoms with Gasteiger partial charge in [0, 0.05) is 17.7 Å². The van der Waals surface area contributed by atoms with Gasteiger partial charge in [-0.2, -0.15) is 0 Å².